The molecule has 0 aliphatic rings. The lowest BCUT2D eigenvalue weighted by atomic mass is 10.0. The summed E-state index contributed by atoms with van der Waals surface area (Å²) in [7, 11) is 0. The van der Waals surface area contributed by atoms with Gasteiger partial charge in [-0.25, -0.2) is 4.98 Å². The van der Waals surface area contributed by atoms with Crippen molar-refractivity contribution in [1.29, 1.82) is 0 Å². The Morgan fingerprint density at radius 3 is 2.42 bits per heavy atom. The van der Waals surface area contributed by atoms with Crippen molar-refractivity contribution >= 4 is 11.8 Å². The average molecular weight is 168 g/mol. The van der Waals surface area contributed by atoms with Gasteiger partial charge in [0.2, 0.25) is 5.95 Å². The van der Waals surface area contributed by atoms with E-state index in [1.807, 2.05) is 0 Å². The first-order chi connectivity index (χ1) is 5.41. The number of rotatable bonds is 1. The summed E-state index contributed by atoms with van der Waals surface area (Å²) in [6.45, 7) is 3.22. The molecule has 0 saturated heterocycles. The van der Waals surface area contributed by atoms with Gasteiger partial charge in [-0.05, 0) is 13.8 Å². The Labute approximate surface area is 70.4 Å². The molecule has 5 nitrogen and oxygen atoms in total. The van der Waals surface area contributed by atoms with Crippen molar-refractivity contribution in [1.82, 2.24) is 9.97 Å². The third-order valence-electron chi connectivity index (χ3n) is 1.50. The lowest BCUT2D eigenvalue weighted by molar-refractivity contribution is 0.0787. The van der Waals surface area contributed by atoms with Gasteiger partial charge in [0.1, 0.15) is 5.82 Å². The normalized spacial score (nSPS) is 11.6. The molecule has 0 atom stereocenters. The highest BCUT2D eigenvalue weighted by molar-refractivity contribution is 5.44. The molecule has 5 heteroatoms. The number of nitrogens with two attached hydrogens (primary N) is 2. The van der Waals surface area contributed by atoms with Crippen LogP contribution in [-0.4, -0.2) is 15.1 Å². The number of nitrogen functional groups attached to an aromatic ring is 2. The Morgan fingerprint density at radius 2 is 2.00 bits per heavy atom. The van der Waals surface area contributed by atoms with Gasteiger partial charge in [-0.1, -0.05) is 0 Å². The second-order valence-electron chi connectivity index (χ2n) is 3.09. The summed E-state index contributed by atoms with van der Waals surface area (Å²) in [6.07, 6.45) is 1.43. The molecule has 5 N–H and O–H groups in total. The van der Waals surface area contributed by atoms with E-state index in [-0.39, 0.29) is 11.8 Å². The summed E-state index contributed by atoms with van der Waals surface area (Å²) in [4.78, 5) is 7.46. The maximum absolute atomic E-state index is 9.56. The molecule has 66 valence electrons. The summed E-state index contributed by atoms with van der Waals surface area (Å²) >= 11 is 0. The lowest BCUT2D eigenvalue weighted by Gasteiger charge is -2.18. The Hall–Kier alpha value is -1.36. The van der Waals surface area contributed by atoms with E-state index < -0.39 is 5.60 Å². The van der Waals surface area contributed by atoms with Gasteiger partial charge in [-0.15, -0.1) is 0 Å². The smallest absolute Gasteiger partial charge is 0.221 e. The molecule has 0 unspecified atom stereocenters. The van der Waals surface area contributed by atoms with Gasteiger partial charge in [0, 0.05) is 11.8 Å². The molecule has 0 fully saturated rings. The van der Waals surface area contributed by atoms with Crippen LogP contribution in [0.5, 0.6) is 0 Å². The van der Waals surface area contributed by atoms with Crippen molar-refractivity contribution in [3.05, 3.63) is 11.8 Å². The zero-order valence-corrected chi connectivity index (χ0v) is 7.07. The van der Waals surface area contributed by atoms with Crippen LogP contribution in [0.4, 0.5) is 11.8 Å². The number of hydrogen-bond donors (Lipinski definition) is 3. The van der Waals surface area contributed by atoms with Crippen LogP contribution < -0.4 is 11.5 Å². The molecular formula is C7H12N4O. The Morgan fingerprint density at radius 1 is 1.42 bits per heavy atom. The Kier molecular flexibility index (Phi) is 1.89. The highest BCUT2D eigenvalue weighted by Crippen LogP contribution is 2.23. The maximum Gasteiger partial charge on any atom is 0.221 e. The third kappa shape index (κ3) is 1.62. The largest absolute Gasteiger partial charge is 0.386 e. The number of aromatic nitrogens is 2. The molecule has 1 aromatic rings. The van der Waals surface area contributed by atoms with Gasteiger partial charge in [0.05, 0.1) is 5.60 Å². The van der Waals surface area contributed by atoms with Gasteiger partial charge in [-0.2, -0.15) is 4.98 Å². The molecular weight excluding hydrogens is 156 g/mol. The van der Waals surface area contributed by atoms with Gasteiger partial charge in [-0.3, -0.25) is 0 Å². The van der Waals surface area contributed by atoms with Gasteiger partial charge in [0.25, 0.3) is 0 Å². The molecule has 0 radical (unpaired) electrons. The van der Waals surface area contributed by atoms with E-state index in [1.54, 1.807) is 13.8 Å². The van der Waals surface area contributed by atoms with Crippen LogP contribution >= 0.6 is 0 Å². The minimum absolute atomic E-state index is 0.112. The van der Waals surface area contributed by atoms with Crippen LogP contribution in [0.3, 0.4) is 0 Å². The molecule has 0 bridgehead atoms. The Bertz CT molecular complexity index is 292. The minimum atomic E-state index is -1.03. The van der Waals surface area contributed by atoms with Crippen LogP contribution in [0.2, 0.25) is 0 Å². The van der Waals surface area contributed by atoms with Crippen molar-refractivity contribution < 1.29 is 5.11 Å². The van der Waals surface area contributed by atoms with Crippen LogP contribution in [0, 0.1) is 0 Å². The minimum Gasteiger partial charge on any atom is -0.386 e. The van der Waals surface area contributed by atoms with Crippen LogP contribution in [0.15, 0.2) is 6.20 Å². The molecule has 0 spiro atoms. The molecule has 1 heterocycles. The van der Waals surface area contributed by atoms with Gasteiger partial charge in [0.15, 0.2) is 0 Å². The van der Waals surface area contributed by atoms with E-state index in [2.05, 4.69) is 9.97 Å². The lowest BCUT2D eigenvalue weighted by Crippen LogP contribution is -2.19. The molecule has 0 aliphatic heterocycles. The molecule has 1 aromatic heterocycles. The van der Waals surface area contributed by atoms with E-state index in [9.17, 15) is 5.11 Å². The monoisotopic (exact) mass is 168 g/mol. The zero-order chi connectivity index (χ0) is 9.35. The first-order valence-electron chi connectivity index (χ1n) is 3.52. The second kappa shape index (κ2) is 2.60. The summed E-state index contributed by atoms with van der Waals surface area (Å²) in [5.41, 5.74) is 10.3. The van der Waals surface area contributed by atoms with Crippen LogP contribution in [-0.2, 0) is 5.60 Å². The predicted octanol–water partition coefficient (Wildman–Crippen LogP) is -0.132. The van der Waals surface area contributed by atoms with E-state index in [0.717, 1.165) is 0 Å². The van der Waals surface area contributed by atoms with E-state index >= 15 is 0 Å². The number of aliphatic hydroxyl groups is 1. The summed E-state index contributed by atoms with van der Waals surface area (Å²) in [5, 5.41) is 9.56. The zero-order valence-electron chi connectivity index (χ0n) is 7.07. The van der Waals surface area contributed by atoms with Gasteiger partial charge >= 0.3 is 0 Å². The van der Waals surface area contributed by atoms with Crippen LogP contribution in [0.25, 0.3) is 0 Å². The third-order valence-corrected chi connectivity index (χ3v) is 1.50. The quantitative estimate of drug-likeness (QED) is 0.542. The van der Waals surface area contributed by atoms with Crippen molar-refractivity contribution in [2.45, 2.75) is 19.4 Å². The van der Waals surface area contributed by atoms with Crippen molar-refractivity contribution in [3.63, 3.8) is 0 Å². The summed E-state index contributed by atoms with van der Waals surface area (Å²) in [6, 6.07) is 0. The number of nitrogens with zero attached hydrogens (tertiary/aromatic N) is 2. The van der Waals surface area contributed by atoms with Crippen molar-refractivity contribution in [2.75, 3.05) is 11.5 Å². The fourth-order valence-corrected chi connectivity index (χ4v) is 0.881. The molecule has 0 saturated carbocycles. The maximum atomic E-state index is 9.56. The Balaban J connectivity index is 3.19. The molecule has 0 aliphatic carbocycles. The standard InChI is InChI=1S/C7H12N4O/c1-7(2,12)4-3-10-6(9)11-5(4)8/h3,12H,1-2H3,(H4,8,9,10,11). The fraction of sp³-hybridized carbons (Fsp3) is 0.429. The highest BCUT2D eigenvalue weighted by Gasteiger charge is 2.20. The average Bonchev–Trinajstić information content (AvgIpc) is 1.83. The predicted molar refractivity (Wildman–Crippen MR) is 46.1 cm³/mol. The first kappa shape index (κ1) is 8.73. The molecule has 12 heavy (non-hydrogen) atoms. The second-order valence-corrected chi connectivity index (χ2v) is 3.09. The van der Waals surface area contributed by atoms with E-state index in [1.165, 1.54) is 6.20 Å². The molecule has 0 aromatic carbocycles. The van der Waals surface area contributed by atoms with Crippen molar-refractivity contribution in [3.8, 4) is 0 Å². The van der Waals surface area contributed by atoms with Gasteiger partial charge < -0.3 is 16.6 Å². The molecule has 1 rings (SSSR count). The van der Waals surface area contributed by atoms with E-state index in [4.69, 9.17) is 11.5 Å². The summed E-state index contributed by atoms with van der Waals surface area (Å²) < 4.78 is 0. The van der Waals surface area contributed by atoms with E-state index in [0.29, 0.717) is 5.56 Å². The SMILES string of the molecule is CC(C)(O)c1cnc(N)nc1N. The fourth-order valence-electron chi connectivity index (χ4n) is 0.881. The summed E-state index contributed by atoms with van der Waals surface area (Å²) in [5.74, 6) is 0.329. The topological polar surface area (TPSA) is 98.0 Å². The number of hydrogen-bond acceptors (Lipinski definition) is 5. The van der Waals surface area contributed by atoms with Crippen LogP contribution in [0.1, 0.15) is 19.4 Å². The highest BCUT2D eigenvalue weighted by atomic mass is 16.3. The molecule has 0 amide bonds. The first-order valence-corrected chi connectivity index (χ1v) is 3.52. The van der Waals surface area contributed by atoms with Crippen molar-refractivity contribution in [2.24, 2.45) is 0 Å². The number of anilines is 2.